The van der Waals surface area contributed by atoms with Crippen molar-refractivity contribution in [2.75, 3.05) is 48.5 Å². The van der Waals surface area contributed by atoms with Gasteiger partial charge in [0, 0.05) is 31.4 Å². The van der Waals surface area contributed by atoms with Crippen LogP contribution in [0.5, 0.6) is 0 Å². The van der Waals surface area contributed by atoms with E-state index < -0.39 is 0 Å². The van der Waals surface area contributed by atoms with Crippen molar-refractivity contribution in [1.29, 1.82) is 0 Å². The van der Waals surface area contributed by atoms with E-state index in [1.54, 1.807) is 0 Å². The quantitative estimate of drug-likeness (QED) is 0.761. The van der Waals surface area contributed by atoms with E-state index in [-0.39, 0.29) is 0 Å². The van der Waals surface area contributed by atoms with E-state index in [0.29, 0.717) is 16.6 Å². The fraction of sp³-hybridized carbons (Fsp3) is 0.769. The van der Waals surface area contributed by atoms with E-state index >= 15 is 0 Å². The van der Waals surface area contributed by atoms with E-state index in [0.717, 1.165) is 25.6 Å². The Kier molecular flexibility index (Phi) is 4.91. The van der Waals surface area contributed by atoms with Crippen LogP contribution in [0.4, 0.5) is 17.8 Å². The molecule has 0 saturated heterocycles. The van der Waals surface area contributed by atoms with Crippen molar-refractivity contribution in [2.24, 2.45) is 0 Å². The Labute approximate surface area is 125 Å². The van der Waals surface area contributed by atoms with Gasteiger partial charge >= 0.3 is 0 Å². The van der Waals surface area contributed by atoms with Crippen LogP contribution in [0.3, 0.4) is 0 Å². The zero-order valence-corrected chi connectivity index (χ0v) is 13.5. The van der Waals surface area contributed by atoms with Gasteiger partial charge in [0.05, 0.1) is 0 Å². The number of anilines is 3. The number of hydrogen-bond donors (Lipinski definition) is 2. The Hall–Kier alpha value is -1.24. The Morgan fingerprint density at radius 1 is 1.15 bits per heavy atom. The molecule has 2 N–H and O–H groups in total. The van der Waals surface area contributed by atoms with E-state index in [9.17, 15) is 0 Å². The van der Waals surface area contributed by atoms with Crippen LogP contribution >= 0.6 is 11.8 Å². The van der Waals surface area contributed by atoms with Gasteiger partial charge in [-0.25, -0.2) is 0 Å². The van der Waals surface area contributed by atoms with Gasteiger partial charge in [-0.3, -0.25) is 0 Å². The largest absolute Gasteiger partial charge is 0.357 e. The summed E-state index contributed by atoms with van der Waals surface area (Å²) < 4.78 is 0.391. The van der Waals surface area contributed by atoms with E-state index in [4.69, 9.17) is 0 Å². The summed E-state index contributed by atoms with van der Waals surface area (Å²) >= 11 is 1.93. The summed E-state index contributed by atoms with van der Waals surface area (Å²) in [4.78, 5) is 15.5. The Morgan fingerprint density at radius 3 is 2.30 bits per heavy atom. The summed E-state index contributed by atoms with van der Waals surface area (Å²) in [6, 6.07) is 0. The highest BCUT2D eigenvalue weighted by Gasteiger charge is 2.41. The summed E-state index contributed by atoms with van der Waals surface area (Å²) in [6.07, 6.45) is 4.71. The van der Waals surface area contributed by atoms with Crippen molar-refractivity contribution in [1.82, 2.24) is 15.0 Å². The van der Waals surface area contributed by atoms with Gasteiger partial charge in [0.1, 0.15) is 0 Å². The number of thioether (sulfide) groups is 1. The molecule has 0 aromatic carbocycles. The molecule has 0 aliphatic heterocycles. The normalized spacial score (nSPS) is 15.8. The first-order valence-electron chi connectivity index (χ1n) is 7.14. The van der Waals surface area contributed by atoms with Crippen LogP contribution in [0.1, 0.15) is 26.7 Å². The molecule has 1 aromatic heterocycles. The van der Waals surface area contributed by atoms with Gasteiger partial charge in [-0.05, 0) is 32.9 Å². The third kappa shape index (κ3) is 3.45. The van der Waals surface area contributed by atoms with Gasteiger partial charge in [0.2, 0.25) is 17.8 Å². The smallest absolute Gasteiger partial charge is 0.231 e. The van der Waals surface area contributed by atoms with Crippen LogP contribution in [-0.2, 0) is 0 Å². The molecule has 7 heteroatoms. The number of rotatable bonds is 8. The van der Waals surface area contributed by atoms with Crippen LogP contribution in [0.25, 0.3) is 0 Å². The molecule has 1 aromatic rings. The third-order valence-corrected chi connectivity index (χ3v) is 5.12. The summed E-state index contributed by atoms with van der Waals surface area (Å²) in [5.74, 6) is 2.00. The molecule has 0 atom stereocenters. The Bertz CT molecular complexity index is 444. The third-order valence-electron chi connectivity index (χ3n) is 3.70. The standard InChI is InChI=1S/C13H24N6S/c1-5-19(6-2)12-17-10(14-3)16-11(18-12)15-9-13(20-4)7-8-13/h5-9H2,1-4H3,(H2,14,15,16,17,18). The maximum absolute atomic E-state index is 4.53. The number of hydrogen-bond acceptors (Lipinski definition) is 7. The zero-order valence-electron chi connectivity index (χ0n) is 12.7. The average molecular weight is 296 g/mol. The lowest BCUT2D eigenvalue weighted by Crippen LogP contribution is -2.26. The fourth-order valence-electron chi connectivity index (χ4n) is 2.04. The molecule has 6 nitrogen and oxygen atoms in total. The van der Waals surface area contributed by atoms with Crippen molar-refractivity contribution in [2.45, 2.75) is 31.4 Å². The predicted molar refractivity (Wildman–Crippen MR) is 86.9 cm³/mol. The molecule has 112 valence electrons. The summed E-state index contributed by atoms with van der Waals surface area (Å²) in [5, 5.41) is 6.37. The second-order valence-corrected chi connectivity index (χ2v) is 6.22. The average Bonchev–Trinajstić information content (AvgIpc) is 3.27. The van der Waals surface area contributed by atoms with Gasteiger partial charge in [-0.15, -0.1) is 0 Å². The van der Waals surface area contributed by atoms with E-state index in [2.05, 4.69) is 50.6 Å². The molecular formula is C13H24N6S. The van der Waals surface area contributed by atoms with Gasteiger partial charge in [-0.1, -0.05) is 0 Å². The highest BCUT2D eigenvalue weighted by Crippen LogP contribution is 2.46. The first-order chi connectivity index (χ1) is 9.66. The lowest BCUT2D eigenvalue weighted by atomic mass is 10.4. The molecule has 0 unspecified atom stereocenters. The van der Waals surface area contributed by atoms with Crippen molar-refractivity contribution in [3.05, 3.63) is 0 Å². The molecule has 2 rings (SSSR count). The summed E-state index contributed by atoms with van der Waals surface area (Å²) in [5.41, 5.74) is 0. The minimum Gasteiger partial charge on any atom is -0.357 e. The molecule has 0 bridgehead atoms. The van der Waals surface area contributed by atoms with Crippen molar-refractivity contribution < 1.29 is 0 Å². The molecule has 0 amide bonds. The maximum Gasteiger partial charge on any atom is 0.231 e. The number of nitrogens with zero attached hydrogens (tertiary/aromatic N) is 4. The number of nitrogens with one attached hydrogen (secondary N) is 2. The second-order valence-electron chi connectivity index (χ2n) is 4.95. The van der Waals surface area contributed by atoms with Crippen LogP contribution in [0.2, 0.25) is 0 Å². The lowest BCUT2D eigenvalue weighted by molar-refractivity contribution is 0.810. The molecule has 1 fully saturated rings. The Morgan fingerprint density at radius 2 is 1.80 bits per heavy atom. The minimum atomic E-state index is 0.391. The topological polar surface area (TPSA) is 66.0 Å². The molecular weight excluding hydrogens is 272 g/mol. The maximum atomic E-state index is 4.53. The fourth-order valence-corrected chi connectivity index (χ4v) is 2.76. The van der Waals surface area contributed by atoms with E-state index in [1.165, 1.54) is 12.8 Å². The first-order valence-corrected chi connectivity index (χ1v) is 8.36. The van der Waals surface area contributed by atoms with Crippen molar-refractivity contribution in [3.8, 4) is 0 Å². The SMILES string of the molecule is CCN(CC)c1nc(NC)nc(NCC2(SC)CC2)n1. The molecule has 1 aliphatic rings. The zero-order chi connectivity index (χ0) is 14.6. The van der Waals surface area contributed by atoms with Crippen LogP contribution in [0.15, 0.2) is 0 Å². The van der Waals surface area contributed by atoms with E-state index in [1.807, 2.05) is 18.8 Å². The van der Waals surface area contributed by atoms with Gasteiger partial charge < -0.3 is 15.5 Å². The molecule has 1 aliphatic carbocycles. The molecule has 1 saturated carbocycles. The minimum absolute atomic E-state index is 0.391. The first kappa shape index (κ1) is 15.2. The highest BCUT2D eigenvalue weighted by atomic mass is 32.2. The lowest BCUT2D eigenvalue weighted by Gasteiger charge is -2.20. The van der Waals surface area contributed by atoms with Gasteiger partial charge in [0.15, 0.2) is 0 Å². The van der Waals surface area contributed by atoms with Crippen LogP contribution in [-0.4, -0.2) is 52.6 Å². The molecule has 0 radical (unpaired) electrons. The van der Waals surface area contributed by atoms with Crippen molar-refractivity contribution >= 4 is 29.6 Å². The van der Waals surface area contributed by atoms with Crippen molar-refractivity contribution in [3.63, 3.8) is 0 Å². The molecule has 1 heterocycles. The van der Waals surface area contributed by atoms with Crippen LogP contribution in [0, 0.1) is 0 Å². The predicted octanol–water partition coefficient (Wildman–Crippen LogP) is 2.07. The Balaban J connectivity index is 2.13. The monoisotopic (exact) mass is 296 g/mol. The van der Waals surface area contributed by atoms with Gasteiger partial charge in [-0.2, -0.15) is 26.7 Å². The van der Waals surface area contributed by atoms with Gasteiger partial charge in [0.25, 0.3) is 0 Å². The number of aromatic nitrogens is 3. The van der Waals surface area contributed by atoms with Crippen LogP contribution < -0.4 is 15.5 Å². The molecule has 0 spiro atoms. The molecule has 20 heavy (non-hydrogen) atoms. The second kappa shape index (κ2) is 6.47. The summed E-state index contributed by atoms with van der Waals surface area (Å²) in [7, 11) is 1.83. The summed E-state index contributed by atoms with van der Waals surface area (Å²) in [6.45, 7) is 6.90. The highest BCUT2D eigenvalue weighted by molar-refractivity contribution is 8.00.